The lowest BCUT2D eigenvalue weighted by molar-refractivity contribution is -0.410. The van der Waals surface area contributed by atoms with Gasteiger partial charge in [0.1, 0.15) is 0 Å². The van der Waals surface area contributed by atoms with Crippen LogP contribution in [-0.4, -0.2) is 47.9 Å². The fourth-order valence-corrected chi connectivity index (χ4v) is 1.68. The van der Waals surface area contributed by atoms with Crippen LogP contribution in [0.25, 0.3) is 0 Å². The van der Waals surface area contributed by atoms with Crippen molar-refractivity contribution >= 4 is 5.97 Å². The highest BCUT2D eigenvalue weighted by molar-refractivity contribution is 5.87. The number of halogens is 13. The molecule has 0 spiro atoms. The fourth-order valence-electron chi connectivity index (χ4n) is 1.68. The summed E-state index contributed by atoms with van der Waals surface area (Å²) in [5, 5.41) is 0. The minimum Gasteiger partial charge on any atom is -0.453 e. The average Bonchev–Trinajstić information content (AvgIpc) is 2.51. The van der Waals surface area contributed by atoms with E-state index in [4.69, 9.17) is 0 Å². The highest BCUT2D eigenvalue weighted by Crippen LogP contribution is 2.59. The van der Waals surface area contributed by atoms with Gasteiger partial charge in [-0.05, 0) is 13.8 Å². The zero-order chi connectivity index (χ0) is 23.9. The summed E-state index contributed by atoms with van der Waals surface area (Å²) in [6.07, 6.45) is -15.0. The van der Waals surface area contributed by atoms with E-state index in [1.54, 1.807) is 0 Å². The van der Waals surface area contributed by atoms with Crippen molar-refractivity contribution in [1.29, 1.82) is 0 Å². The molecule has 0 heterocycles. The molecule has 1 unspecified atom stereocenters. The Hall–Kier alpha value is -1.70. The first-order valence-electron chi connectivity index (χ1n) is 7.28. The maximum absolute atomic E-state index is 13.7. The highest BCUT2D eigenvalue weighted by atomic mass is 19.4. The van der Waals surface area contributed by atoms with Gasteiger partial charge in [0.15, 0.2) is 6.10 Å². The van der Waals surface area contributed by atoms with Crippen molar-refractivity contribution < 1.29 is 66.6 Å². The molecule has 0 aromatic heterocycles. The molecular formula is C14H13F13O2. The molecule has 0 aromatic carbocycles. The van der Waals surface area contributed by atoms with Crippen molar-refractivity contribution in [2.45, 2.75) is 68.6 Å². The van der Waals surface area contributed by atoms with Crippen LogP contribution in [0.15, 0.2) is 12.2 Å². The van der Waals surface area contributed by atoms with E-state index in [1.807, 2.05) is 0 Å². The Morgan fingerprint density at radius 3 is 1.55 bits per heavy atom. The molecule has 0 aromatic rings. The van der Waals surface area contributed by atoms with Gasteiger partial charge in [0, 0.05) is 18.4 Å². The molecule has 0 amide bonds. The maximum atomic E-state index is 13.7. The lowest BCUT2D eigenvalue weighted by atomic mass is 9.90. The number of alkyl halides is 13. The Bertz CT molecular complexity index is 621. The molecule has 172 valence electrons. The van der Waals surface area contributed by atoms with Gasteiger partial charge in [-0.1, -0.05) is 6.58 Å². The van der Waals surface area contributed by atoms with E-state index < -0.39 is 66.3 Å². The average molecular weight is 460 g/mol. The molecular weight excluding hydrogens is 447 g/mol. The van der Waals surface area contributed by atoms with E-state index in [1.165, 1.54) is 0 Å². The number of carbonyl (C=O) groups excluding carboxylic acids is 1. The summed E-state index contributed by atoms with van der Waals surface area (Å²) >= 11 is 0. The van der Waals surface area contributed by atoms with Gasteiger partial charge >= 0.3 is 41.8 Å². The van der Waals surface area contributed by atoms with Gasteiger partial charge in [0.25, 0.3) is 0 Å². The summed E-state index contributed by atoms with van der Waals surface area (Å²) in [6, 6.07) is 0. The van der Waals surface area contributed by atoms with E-state index in [0.717, 1.165) is 6.92 Å². The van der Waals surface area contributed by atoms with E-state index >= 15 is 0 Å². The second-order valence-corrected chi connectivity index (χ2v) is 5.99. The Balaban J connectivity index is 6.03. The van der Waals surface area contributed by atoms with E-state index in [2.05, 4.69) is 11.3 Å². The van der Waals surface area contributed by atoms with Crippen LogP contribution in [0.5, 0.6) is 0 Å². The molecule has 0 aliphatic rings. The summed E-state index contributed by atoms with van der Waals surface area (Å²) in [7, 11) is 0. The van der Waals surface area contributed by atoms with Crippen molar-refractivity contribution in [3.8, 4) is 0 Å². The number of carbonyl (C=O) groups is 1. The Morgan fingerprint density at radius 2 is 1.21 bits per heavy atom. The summed E-state index contributed by atoms with van der Waals surface area (Å²) < 4.78 is 175. The Kier molecular flexibility index (Phi) is 7.39. The normalized spacial score (nSPS) is 15.8. The molecule has 0 fully saturated rings. The molecule has 0 saturated heterocycles. The summed E-state index contributed by atoms with van der Waals surface area (Å²) in [4.78, 5) is 11.0. The highest BCUT2D eigenvalue weighted by Gasteiger charge is 2.87. The monoisotopic (exact) mass is 460 g/mol. The van der Waals surface area contributed by atoms with Crippen molar-refractivity contribution in [3.63, 3.8) is 0 Å². The summed E-state index contributed by atoms with van der Waals surface area (Å²) in [5.41, 5.74) is -0.688. The third-order valence-corrected chi connectivity index (χ3v) is 3.53. The van der Waals surface area contributed by atoms with Gasteiger partial charge in [-0.25, -0.2) is 4.79 Å². The molecule has 15 heteroatoms. The van der Waals surface area contributed by atoms with Crippen molar-refractivity contribution in [3.05, 3.63) is 12.2 Å². The molecule has 0 N–H and O–H groups in total. The van der Waals surface area contributed by atoms with Crippen LogP contribution in [0, 0.1) is 0 Å². The van der Waals surface area contributed by atoms with Gasteiger partial charge in [0.05, 0.1) is 0 Å². The van der Waals surface area contributed by atoms with Crippen LogP contribution in [0.3, 0.4) is 0 Å². The Labute approximate surface area is 154 Å². The zero-order valence-corrected chi connectivity index (χ0v) is 14.4. The minimum absolute atomic E-state index is 0.120. The smallest absolute Gasteiger partial charge is 0.389 e. The summed E-state index contributed by atoms with van der Waals surface area (Å²) in [6.45, 7) is 3.54. The van der Waals surface area contributed by atoms with Gasteiger partial charge < -0.3 is 4.74 Å². The number of hydrogen-bond acceptors (Lipinski definition) is 2. The van der Waals surface area contributed by atoms with Crippen molar-refractivity contribution in [2.24, 2.45) is 0 Å². The molecule has 0 aliphatic carbocycles. The minimum atomic E-state index is -7.55. The molecule has 2 nitrogen and oxygen atoms in total. The molecule has 0 bridgehead atoms. The van der Waals surface area contributed by atoms with Gasteiger partial charge in [-0.2, -0.15) is 57.1 Å². The molecule has 0 saturated carbocycles. The number of esters is 1. The van der Waals surface area contributed by atoms with Gasteiger partial charge in [0.2, 0.25) is 0 Å². The van der Waals surface area contributed by atoms with Crippen LogP contribution in [0.2, 0.25) is 0 Å². The maximum Gasteiger partial charge on any atom is 0.389 e. The van der Waals surface area contributed by atoms with Crippen LogP contribution in [0.4, 0.5) is 57.1 Å². The van der Waals surface area contributed by atoms with E-state index in [0.29, 0.717) is 0 Å². The van der Waals surface area contributed by atoms with Crippen molar-refractivity contribution in [1.82, 2.24) is 0 Å². The third kappa shape index (κ3) is 5.08. The number of hydrogen-bond donors (Lipinski definition) is 0. The van der Waals surface area contributed by atoms with Crippen molar-refractivity contribution in [2.75, 3.05) is 0 Å². The third-order valence-electron chi connectivity index (χ3n) is 3.53. The second-order valence-electron chi connectivity index (χ2n) is 5.99. The van der Waals surface area contributed by atoms with E-state index in [-0.39, 0.29) is 6.92 Å². The van der Waals surface area contributed by atoms with Gasteiger partial charge in [-0.3, -0.25) is 0 Å². The van der Waals surface area contributed by atoms with E-state index in [9.17, 15) is 61.9 Å². The fraction of sp³-hybridized carbons (Fsp3) is 0.786. The second kappa shape index (κ2) is 7.85. The lowest BCUT2D eigenvalue weighted by Crippen LogP contribution is -2.69. The first-order chi connectivity index (χ1) is 12.5. The SMILES string of the molecule is C=C(C)C(=O)OC(C)C(F)(F)C(F)(F)C(F)(F)C(F)(F)C(F)(F)CCC(F)(F)F. The zero-order valence-electron chi connectivity index (χ0n) is 14.4. The largest absolute Gasteiger partial charge is 0.453 e. The first kappa shape index (κ1) is 27.3. The predicted octanol–water partition coefficient (Wildman–Crippen LogP) is 6.01. The quantitative estimate of drug-likeness (QED) is 0.239. The Morgan fingerprint density at radius 1 is 0.793 bits per heavy atom. The standard InChI is InChI=1S/C14H13F13O2/c1-6(2)8(28)29-7(3)11(20,21)13(24,25)14(26,27)12(22,23)9(15,16)4-5-10(17,18)19/h7H,1,4-5H2,2-3H3. The van der Waals surface area contributed by atoms with Crippen LogP contribution in [0.1, 0.15) is 26.7 Å². The molecule has 29 heavy (non-hydrogen) atoms. The molecule has 0 rings (SSSR count). The number of ether oxygens (including phenoxy) is 1. The topological polar surface area (TPSA) is 26.3 Å². The number of rotatable bonds is 9. The first-order valence-corrected chi connectivity index (χ1v) is 7.28. The van der Waals surface area contributed by atoms with Crippen LogP contribution in [-0.2, 0) is 9.53 Å². The molecule has 0 radical (unpaired) electrons. The summed E-state index contributed by atoms with van der Waals surface area (Å²) in [5.74, 6) is -36.8. The molecule has 1 atom stereocenters. The predicted molar refractivity (Wildman–Crippen MR) is 70.4 cm³/mol. The van der Waals surface area contributed by atoms with Crippen LogP contribution >= 0.6 is 0 Å². The lowest BCUT2D eigenvalue weighted by Gasteiger charge is -2.40. The van der Waals surface area contributed by atoms with Gasteiger partial charge in [-0.15, -0.1) is 0 Å². The van der Waals surface area contributed by atoms with Crippen LogP contribution < -0.4 is 0 Å². The molecule has 0 aliphatic heterocycles.